The van der Waals surface area contributed by atoms with E-state index in [-0.39, 0.29) is 23.1 Å². The number of rotatable bonds is 3. The Morgan fingerprint density at radius 3 is 2.95 bits per heavy atom. The second kappa shape index (κ2) is 6.61. The SMILES string of the molecule is Cl.N=C(N)SCc1nc2scc(-c3cccs3)c2c(=O)[nH]1. The monoisotopic (exact) mass is 358 g/mol. The lowest BCUT2D eigenvalue weighted by Gasteiger charge is -2.00. The van der Waals surface area contributed by atoms with E-state index in [4.69, 9.17) is 11.1 Å². The number of nitrogens with zero attached hydrogens (tertiary/aromatic N) is 1. The highest BCUT2D eigenvalue weighted by Gasteiger charge is 2.13. The Kier molecular flexibility index (Phi) is 5.04. The van der Waals surface area contributed by atoms with Crippen molar-refractivity contribution >= 4 is 62.2 Å². The van der Waals surface area contributed by atoms with E-state index < -0.39 is 0 Å². The van der Waals surface area contributed by atoms with E-state index in [0.717, 1.165) is 27.0 Å². The molecule has 0 amide bonds. The minimum absolute atomic E-state index is 0. The molecule has 0 unspecified atom stereocenters. The lowest BCUT2D eigenvalue weighted by molar-refractivity contribution is 1.05. The Labute approximate surface area is 138 Å². The Bertz CT molecular complexity index is 825. The summed E-state index contributed by atoms with van der Waals surface area (Å²) in [6.45, 7) is 0. The maximum atomic E-state index is 12.2. The molecule has 0 aliphatic rings. The number of aromatic amines is 1. The highest BCUT2D eigenvalue weighted by molar-refractivity contribution is 8.13. The molecule has 0 bridgehead atoms. The van der Waals surface area contributed by atoms with Gasteiger partial charge < -0.3 is 10.7 Å². The fraction of sp³-hybridized carbons (Fsp3) is 0.0833. The van der Waals surface area contributed by atoms with Crippen LogP contribution in [-0.2, 0) is 5.75 Å². The van der Waals surface area contributed by atoms with Crippen LogP contribution in [0.3, 0.4) is 0 Å². The van der Waals surface area contributed by atoms with Crippen molar-refractivity contribution in [1.82, 2.24) is 9.97 Å². The molecule has 5 nitrogen and oxygen atoms in total. The largest absolute Gasteiger partial charge is 0.379 e. The summed E-state index contributed by atoms with van der Waals surface area (Å²) < 4.78 is 0. The first-order valence-corrected chi connectivity index (χ1v) is 8.40. The molecule has 0 radical (unpaired) electrons. The highest BCUT2D eigenvalue weighted by atomic mass is 35.5. The fourth-order valence-electron chi connectivity index (χ4n) is 1.82. The maximum Gasteiger partial charge on any atom is 0.260 e. The molecule has 0 aromatic carbocycles. The molecule has 3 heterocycles. The first kappa shape index (κ1) is 16.0. The van der Waals surface area contributed by atoms with Gasteiger partial charge in [0.15, 0.2) is 5.17 Å². The first-order chi connectivity index (χ1) is 9.65. The van der Waals surface area contributed by atoms with Crippen LogP contribution in [0.4, 0.5) is 0 Å². The van der Waals surface area contributed by atoms with Crippen molar-refractivity contribution in [1.29, 1.82) is 5.41 Å². The molecule has 0 aliphatic carbocycles. The second-order valence-corrected chi connectivity index (χ2v) is 6.80. The Balaban J connectivity index is 0.00000161. The molecule has 0 atom stereocenters. The van der Waals surface area contributed by atoms with Crippen LogP contribution >= 0.6 is 46.8 Å². The van der Waals surface area contributed by atoms with Gasteiger partial charge in [0.05, 0.1) is 11.1 Å². The Hall–Kier alpha value is -1.35. The van der Waals surface area contributed by atoms with Crippen molar-refractivity contribution < 1.29 is 0 Å². The van der Waals surface area contributed by atoms with Gasteiger partial charge in [-0.2, -0.15) is 0 Å². The van der Waals surface area contributed by atoms with Gasteiger partial charge in [0.25, 0.3) is 5.56 Å². The van der Waals surface area contributed by atoms with Gasteiger partial charge in [-0.3, -0.25) is 10.2 Å². The predicted octanol–water partition coefficient (Wildman–Crippen LogP) is 3.26. The number of hydrogen-bond donors (Lipinski definition) is 3. The number of nitrogens with two attached hydrogens (primary N) is 1. The molecule has 0 saturated carbocycles. The first-order valence-electron chi connectivity index (χ1n) is 5.66. The van der Waals surface area contributed by atoms with Gasteiger partial charge in [-0.1, -0.05) is 17.8 Å². The standard InChI is InChI=1S/C12H10N4OS3.ClH/c13-12(14)20-5-8-15-10(17)9-6(4-19-11(9)16-8)7-2-1-3-18-7;/h1-4H,5H2,(H3,13,14)(H,15,16,17);1H. The normalized spacial score (nSPS) is 10.5. The second-order valence-electron chi connectivity index (χ2n) is 3.97. The summed E-state index contributed by atoms with van der Waals surface area (Å²) in [5.41, 5.74) is 6.08. The summed E-state index contributed by atoms with van der Waals surface area (Å²) in [6, 6.07) is 3.95. The minimum Gasteiger partial charge on any atom is -0.379 e. The van der Waals surface area contributed by atoms with Crippen LogP contribution in [0.5, 0.6) is 0 Å². The van der Waals surface area contributed by atoms with Crippen LogP contribution < -0.4 is 11.3 Å². The van der Waals surface area contributed by atoms with E-state index in [9.17, 15) is 4.79 Å². The van der Waals surface area contributed by atoms with E-state index in [1.807, 2.05) is 22.9 Å². The number of amidine groups is 1. The van der Waals surface area contributed by atoms with Crippen LogP contribution in [0.2, 0.25) is 0 Å². The summed E-state index contributed by atoms with van der Waals surface area (Å²) in [5.74, 6) is 0.939. The van der Waals surface area contributed by atoms with Gasteiger partial charge in [0.2, 0.25) is 0 Å². The molecular weight excluding hydrogens is 348 g/mol. The number of thiophene rings is 2. The average molecular weight is 359 g/mol. The number of aromatic nitrogens is 2. The smallest absolute Gasteiger partial charge is 0.260 e. The van der Waals surface area contributed by atoms with Crippen molar-refractivity contribution in [2.45, 2.75) is 5.75 Å². The zero-order valence-electron chi connectivity index (χ0n) is 10.6. The Morgan fingerprint density at radius 1 is 1.48 bits per heavy atom. The maximum absolute atomic E-state index is 12.2. The molecule has 0 spiro atoms. The summed E-state index contributed by atoms with van der Waals surface area (Å²) >= 11 is 4.20. The number of fused-ring (bicyclic) bond motifs is 1. The third-order valence-electron chi connectivity index (χ3n) is 2.64. The molecule has 110 valence electrons. The quantitative estimate of drug-likeness (QED) is 0.494. The van der Waals surface area contributed by atoms with Crippen LogP contribution in [-0.4, -0.2) is 15.1 Å². The van der Waals surface area contributed by atoms with Crippen molar-refractivity contribution in [2.24, 2.45) is 5.73 Å². The molecule has 9 heteroatoms. The molecule has 4 N–H and O–H groups in total. The number of thioether (sulfide) groups is 1. The van der Waals surface area contributed by atoms with Crippen molar-refractivity contribution in [2.75, 3.05) is 0 Å². The minimum atomic E-state index is -0.140. The topological polar surface area (TPSA) is 95.6 Å². The fourth-order valence-corrected chi connectivity index (χ4v) is 4.03. The lowest BCUT2D eigenvalue weighted by atomic mass is 10.2. The third-order valence-corrected chi connectivity index (χ3v) is 5.15. The van der Waals surface area contributed by atoms with Crippen LogP contribution in [0.1, 0.15) is 5.82 Å². The molecule has 3 rings (SSSR count). The van der Waals surface area contributed by atoms with E-state index in [1.165, 1.54) is 11.3 Å². The van der Waals surface area contributed by atoms with Crippen molar-refractivity contribution in [3.8, 4) is 10.4 Å². The van der Waals surface area contributed by atoms with Crippen LogP contribution in [0.15, 0.2) is 27.7 Å². The summed E-state index contributed by atoms with van der Waals surface area (Å²) in [6.07, 6.45) is 0. The van der Waals surface area contributed by atoms with E-state index >= 15 is 0 Å². The molecule has 21 heavy (non-hydrogen) atoms. The van der Waals surface area contributed by atoms with E-state index in [2.05, 4.69) is 9.97 Å². The Morgan fingerprint density at radius 2 is 2.29 bits per heavy atom. The number of H-pyrrole nitrogens is 1. The third kappa shape index (κ3) is 3.29. The van der Waals surface area contributed by atoms with Crippen molar-refractivity contribution in [3.05, 3.63) is 39.1 Å². The van der Waals surface area contributed by atoms with Gasteiger partial charge in [0, 0.05) is 15.8 Å². The van der Waals surface area contributed by atoms with E-state index in [0.29, 0.717) is 17.0 Å². The summed E-state index contributed by atoms with van der Waals surface area (Å²) in [5, 5.41) is 11.8. The van der Waals surface area contributed by atoms with Gasteiger partial charge in [0.1, 0.15) is 10.7 Å². The van der Waals surface area contributed by atoms with Gasteiger partial charge >= 0.3 is 0 Å². The molecular formula is C12H11ClN4OS3. The summed E-state index contributed by atoms with van der Waals surface area (Å²) in [7, 11) is 0. The molecule has 3 aromatic heterocycles. The van der Waals surface area contributed by atoms with Crippen LogP contribution in [0, 0.1) is 5.41 Å². The van der Waals surface area contributed by atoms with Gasteiger partial charge in [-0.05, 0) is 11.4 Å². The van der Waals surface area contributed by atoms with Crippen LogP contribution in [0.25, 0.3) is 20.7 Å². The molecule has 0 aliphatic heterocycles. The van der Waals surface area contributed by atoms with Gasteiger partial charge in [-0.15, -0.1) is 35.1 Å². The predicted molar refractivity (Wildman–Crippen MR) is 94.0 cm³/mol. The lowest BCUT2D eigenvalue weighted by Crippen LogP contribution is -2.12. The molecule has 0 fully saturated rings. The highest BCUT2D eigenvalue weighted by Crippen LogP contribution is 2.33. The van der Waals surface area contributed by atoms with Gasteiger partial charge in [-0.25, -0.2) is 4.98 Å². The number of hydrogen-bond acceptors (Lipinski definition) is 6. The number of halogens is 1. The van der Waals surface area contributed by atoms with Crippen molar-refractivity contribution in [3.63, 3.8) is 0 Å². The average Bonchev–Trinajstić information content (AvgIpc) is 3.04. The zero-order valence-corrected chi connectivity index (χ0v) is 13.8. The molecule has 0 saturated heterocycles. The molecule has 3 aromatic rings. The van der Waals surface area contributed by atoms with E-state index in [1.54, 1.807) is 11.3 Å². The zero-order chi connectivity index (χ0) is 14.1. The summed E-state index contributed by atoms with van der Waals surface area (Å²) in [4.78, 5) is 21.2. The number of nitrogens with one attached hydrogen (secondary N) is 2.